The summed E-state index contributed by atoms with van der Waals surface area (Å²) in [4.78, 5) is 31.2. The van der Waals surface area contributed by atoms with E-state index in [4.69, 9.17) is 23.2 Å². The molecule has 1 aromatic carbocycles. The summed E-state index contributed by atoms with van der Waals surface area (Å²) in [6.07, 6.45) is 4.24. The van der Waals surface area contributed by atoms with Gasteiger partial charge in [-0.25, -0.2) is 0 Å². The molecular weight excluding hydrogens is 451 g/mol. The van der Waals surface area contributed by atoms with E-state index >= 15 is 0 Å². The van der Waals surface area contributed by atoms with Crippen LogP contribution in [0.25, 0.3) is 0 Å². The number of unbranched alkanes of at least 4 members (excludes halogenated alkanes) is 2. The third kappa shape index (κ3) is 5.63. The zero-order valence-corrected chi connectivity index (χ0v) is 20.7. The zero-order chi connectivity index (χ0) is 22.5. The number of carbonyl (C=O) groups excluding carboxylic acids is 2. The van der Waals surface area contributed by atoms with E-state index in [1.807, 2.05) is 30.9 Å². The van der Waals surface area contributed by atoms with E-state index in [1.54, 1.807) is 22.3 Å². The maximum absolute atomic E-state index is 13.5. The number of nitrogens with zero attached hydrogens (tertiary/aromatic N) is 2. The molecule has 0 bridgehead atoms. The second-order valence-corrected chi connectivity index (χ2v) is 10.1. The Morgan fingerprint density at radius 1 is 1.19 bits per heavy atom. The standard InChI is InChI=1S/C24H30Cl2N2O2S/c1-4-5-6-7-22(29)28(16(2)3)15-23(30)27-12-10-21-19(11-13-31-21)24(27)18-9-8-17(25)14-20(18)26/h8-9,11,13-14,16,24H,4-7,10,12,15H2,1-3H3. The first-order valence-electron chi connectivity index (χ1n) is 10.9. The molecule has 0 saturated carbocycles. The number of hydrogen-bond acceptors (Lipinski definition) is 3. The zero-order valence-electron chi connectivity index (χ0n) is 18.4. The molecule has 7 heteroatoms. The largest absolute Gasteiger partial charge is 0.331 e. The quantitative estimate of drug-likeness (QED) is 0.413. The Bertz CT molecular complexity index is 928. The molecule has 2 aromatic rings. The van der Waals surface area contributed by atoms with Crippen molar-refractivity contribution in [2.24, 2.45) is 0 Å². The first kappa shape index (κ1) is 24.1. The van der Waals surface area contributed by atoms with Gasteiger partial charge < -0.3 is 9.80 Å². The van der Waals surface area contributed by atoms with Crippen LogP contribution in [0.4, 0.5) is 0 Å². The van der Waals surface area contributed by atoms with E-state index in [0.717, 1.165) is 36.8 Å². The fourth-order valence-corrected chi connectivity index (χ4v) is 5.52. The van der Waals surface area contributed by atoms with Crippen molar-refractivity contribution in [2.75, 3.05) is 13.1 Å². The highest BCUT2D eigenvalue weighted by atomic mass is 35.5. The fourth-order valence-electron chi connectivity index (χ4n) is 4.11. The van der Waals surface area contributed by atoms with E-state index in [9.17, 15) is 9.59 Å². The molecular formula is C24H30Cl2N2O2S. The summed E-state index contributed by atoms with van der Waals surface area (Å²) in [7, 11) is 0. The Hall–Kier alpha value is -1.56. The van der Waals surface area contributed by atoms with Crippen LogP contribution in [0.3, 0.4) is 0 Å². The van der Waals surface area contributed by atoms with Crippen LogP contribution in [-0.2, 0) is 16.0 Å². The van der Waals surface area contributed by atoms with Gasteiger partial charge in [-0.15, -0.1) is 11.3 Å². The fraction of sp³-hybridized carbons (Fsp3) is 0.500. The highest BCUT2D eigenvalue weighted by molar-refractivity contribution is 7.10. The number of carbonyl (C=O) groups is 2. The first-order chi connectivity index (χ1) is 14.8. The van der Waals surface area contributed by atoms with Crippen LogP contribution in [0.2, 0.25) is 10.0 Å². The number of halogens is 2. The van der Waals surface area contributed by atoms with Crippen molar-refractivity contribution in [3.8, 4) is 0 Å². The third-order valence-corrected chi connectivity index (χ3v) is 7.35. The average Bonchev–Trinajstić information content (AvgIpc) is 3.20. The summed E-state index contributed by atoms with van der Waals surface area (Å²) in [5.41, 5.74) is 1.98. The highest BCUT2D eigenvalue weighted by Crippen LogP contribution is 2.41. The lowest BCUT2D eigenvalue weighted by Crippen LogP contribution is -2.48. The third-order valence-electron chi connectivity index (χ3n) is 5.79. The van der Waals surface area contributed by atoms with Gasteiger partial charge in [-0.1, -0.05) is 49.0 Å². The van der Waals surface area contributed by atoms with E-state index in [1.165, 1.54) is 4.88 Å². The predicted octanol–water partition coefficient (Wildman–Crippen LogP) is 6.35. The molecule has 0 aliphatic carbocycles. The second kappa shape index (κ2) is 10.8. The van der Waals surface area contributed by atoms with E-state index in [2.05, 4.69) is 18.4 Å². The molecule has 0 fully saturated rings. The summed E-state index contributed by atoms with van der Waals surface area (Å²) < 4.78 is 0. The minimum atomic E-state index is -0.267. The molecule has 0 N–H and O–H groups in total. The van der Waals surface area contributed by atoms with Crippen LogP contribution in [0.1, 0.15) is 68.5 Å². The number of hydrogen-bond donors (Lipinski definition) is 0. The average molecular weight is 481 g/mol. The number of benzene rings is 1. The van der Waals surface area contributed by atoms with Crippen molar-refractivity contribution in [1.29, 1.82) is 0 Å². The van der Waals surface area contributed by atoms with Crippen LogP contribution < -0.4 is 0 Å². The smallest absolute Gasteiger partial charge is 0.243 e. The molecule has 2 heterocycles. The molecule has 1 atom stereocenters. The van der Waals surface area contributed by atoms with Gasteiger partial charge in [-0.3, -0.25) is 9.59 Å². The number of fused-ring (bicyclic) bond motifs is 1. The summed E-state index contributed by atoms with van der Waals surface area (Å²) in [5, 5.41) is 3.18. The predicted molar refractivity (Wildman–Crippen MR) is 129 cm³/mol. The van der Waals surface area contributed by atoms with Gasteiger partial charge in [0, 0.05) is 33.9 Å². The van der Waals surface area contributed by atoms with Crippen LogP contribution >= 0.6 is 34.5 Å². The second-order valence-electron chi connectivity index (χ2n) is 8.28. The summed E-state index contributed by atoms with van der Waals surface area (Å²) in [6.45, 7) is 6.73. The summed E-state index contributed by atoms with van der Waals surface area (Å²) in [6, 6.07) is 7.21. The van der Waals surface area contributed by atoms with Gasteiger partial charge in [-0.2, -0.15) is 0 Å². The maximum atomic E-state index is 13.5. The van der Waals surface area contributed by atoms with Crippen molar-refractivity contribution >= 4 is 46.4 Å². The Morgan fingerprint density at radius 3 is 2.65 bits per heavy atom. The van der Waals surface area contributed by atoms with Crippen LogP contribution in [0.5, 0.6) is 0 Å². The molecule has 0 saturated heterocycles. The minimum Gasteiger partial charge on any atom is -0.331 e. The van der Waals surface area contributed by atoms with E-state index in [0.29, 0.717) is 23.0 Å². The van der Waals surface area contributed by atoms with Crippen molar-refractivity contribution in [3.63, 3.8) is 0 Å². The van der Waals surface area contributed by atoms with Crippen molar-refractivity contribution in [1.82, 2.24) is 9.80 Å². The van der Waals surface area contributed by atoms with Gasteiger partial charge >= 0.3 is 0 Å². The molecule has 31 heavy (non-hydrogen) atoms. The molecule has 1 aliphatic rings. The monoisotopic (exact) mass is 480 g/mol. The Balaban J connectivity index is 1.86. The van der Waals surface area contributed by atoms with Crippen molar-refractivity contribution < 1.29 is 9.59 Å². The summed E-state index contributed by atoms with van der Waals surface area (Å²) >= 11 is 14.4. The molecule has 4 nitrogen and oxygen atoms in total. The molecule has 3 rings (SSSR count). The lowest BCUT2D eigenvalue weighted by molar-refractivity contribution is -0.143. The lowest BCUT2D eigenvalue weighted by atomic mass is 9.93. The first-order valence-corrected chi connectivity index (χ1v) is 12.6. The Labute approximate surface area is 199 Å². The molecule has 1 aromatic heterocycles. The molecule has 168 valence electrons. The SMILES string of the molecule is CCCCCC(=O)N(CC(=O)N1CCc2sccc2C1c1ccc(Cl)cc1Cl)C(C)C. The van der Waals surface area contributed by atoms with Crippen LogP contribution in [0, 0.1) is 0 Å². The van der Waals surface area contributed by atoms with Gasteiger partial charge in [-0.05, 0) is 61.4 Å². The topological polar surface area (TPSA) is 40.6 Å². The van der Waals surface area contributed by atoms with Crippen LogP contribution in [-0.4, -0.2) is 40.7 Å². The van der Waals surface area contributed by atoms with E-state index < -0.39 is 0 Å². The molecule has 1 aliphatic heterocycles. The van der Waals surface area contributed by atoms with Gasteiger partial charge in [0.15, 0.2) is 0 Å². The number of rotatable bonds is 8. The highest BCUT2D eigenvalue weighted by Gasteiger charge is 2.35. The number of amides is 2. The van der Waals surface area contributed by atoms with Crippen LogP contribution in [0.15, 0.2) is 29.6 Å². The molecule has 0 radical (unpaired) electrons. The minimum absolute atomic E-state index is 0.0304. The summed E-state index contributed by atoms with van der Waals surface area (Å²) in [5.74, 6) is -0.00323. The van der Waals surface area contributed by atoms with Crippen molar-refractivity contribution in [3.05, 3.63) is 55.7 Å². The van der Waals surface area contributed by atoms with Gasteiger partial charge in [0.1, 0.15) is 6.54 Å². The van der Waals surface area contributed by atoms with E-state index in [-0.39, 0.29) is 30.4 Å². The van der Waals surface area contributed by atoms with Gasteiger partial charge in [0.05, 0.1) is 6.04 Å². The van der Waals surface area contributed by atoms with Gasteiger partial charge in [0.2, 0.25) is 11.8 Å². The Morgan fingerprint density at radius 2 is 1.97 bits per heavy atom. The lowest BCUT2D eigenvalue weighted by Gasteiger charge is -2.38. The number of thiophene rings is 1. The van der Waals surface area contributed by atoms with Crippen molar-refractivity contribution in [2.45, 2.75) is 65.0 Å². The Kier molecular flexibility index (Phi) is 8.43. The normalized spacial score (nSPS) is 15.8. The molecule has 0 spiro atoms. The maximum Gasteiger partial charge on any atom is 0.243 e. The molecule has 2 amide bonds. The molecule has 1 unspecified atom stereocenters. The van der Waals surface area contributed by atoms with Gasteiger partial charge in [0.25, 0.3) is 0 Å².